The number of ketones is 1. The minimum absolute atomic E-state index is 0.133. The Morgan fingerprint density at radius 2 is 1.75 bits per heavy atom. The van der Waals surface area contributed by atoms with Crippen LogP contribution < -0.4 is 0 Å². The Kier molecular flexibility index (Phi) is 15.6. The molecule has 296 valence electrons. The molecule has 1 aliphatic carbocycles. The fraction of sp³-hybridized carbons (Fsp3) is 0.868. The number of amides is 1. The lowest BCUT2D eigenvalue weighted by Crippen LogP contribution is -2.59. The summed E-state index contributed by atoms with van der Waals surface area (Å²) in [4.78, 5) is 53.4. The number of likely N-dealkylation sites (N-methyl/N-ethyl adjacent to an activating group) is 1. The number of ether oxygens (including phenoxy) is 3. The van der Waals surface area contributed by atoms with E-state index in [0.717, 1.165) is 28.9 Å². The molecule has 52 heavy (non-hydrogen) atoms. The summed E-state index contributed by atoms with van der Waals surface area (Å²) in [6.45, 7) is 15.2. The molecule has 0 aromatic carbocycles. The zero-order chi connectivity index (χ0) is 39.3. The maximum absolute atomic E-state index is 16.8. The van der Waals surface area contributed by atoms with Gasteiger partial charge in [0.25, 0.3) is 22.0 Å². The Bertz CT molecular complexity index is 1330. The van der Waals surface area contributed by atoms with Crippen molar-refractivity contribution in [3.63, 3.8) is 0 Å². The lowest BCUT2D eigenvalue weighted by Gasteiger charge is -2.48. The molecule has 1 amide bonds. The van der Waals surface area contributed by atoms with Crippen LogP contribution in [0.2, 0.25) is 0 Å². The van der Waals surface area contributed by atoms with Crippen LogP contribution in [0.3, 0.4) is 0 Å². The van der Waals surface area contributed by atoms with Crippen LogP contribution in [0, 0.1) is 29.1 Å². The van der Waals surface area contributed by atoms with E-state index in [-0.39, 0.29) is 36.8 Å². The topological polar surface area (TPSA) is 157 Å². The molecule has 0 radical (unpaired) electrons. The standard InChI is InChI=1S/C38H63FN3O9.Al.2H/c1-13-28-38(9,47)26-16-15-25(41-48-12)17-18-36(7,20-21(3)30(23(26)5)40-29(43)14-2)33(24(6)32(45)37(8,39)35(46)50-28)51-34-31(44)27(42(10)11)19-22(4)49-34;;;/h21-24,26-28,31,33-34,44,47H,12-20H2,1-11H3;;;/b40-30?,41-25+;;;/t21-,22-,23-,24+,26-,27+,28-,31-,33-,34+,36-,37+,38+;;;/m1.../s1. The van der Waals surface area contributed by atoms with Crippen LogP contribution in [0.4, 0.5) is 4.39 Å². The number of aliphatic hydroxyl groups is 2. The molecule has 1 saturated carbocycles. The van der Waals surface area contributed by atoms with E-state index in [0.29, 0.717) is 49.7 Å². The Hall–Kier alpha value is -1.79. The third-order valence-electron chi connectivity index (χ3n) is 11.9. The number of rotatable bonds is 7. The van der Waals surface area contributed by atoms with Crippen molar-refractivity contribution in [2.24, 2.45) is 39.2 Å². The number of halogens is 1. The Labute approximate surface area is 318 Å². The van der Waals surface area contributed by atoms with E-state index in [2.05, 4.69) is 10.1 Å². The number of fused-ring (bicyclic) bond motifs is 5. The fourth-order valence-electron chi connectivity index (χ4n) is 8.87. The highest BCUT2D eigenvalue weighted by Gasteiger charge is 2.55. The first-order valence-corrected chi connectivity index (χ1v) is 20.7. The first kappa shape index (κ1) is 44.6. The molecule has 2 heterocycles. The van der Waals surface area contributed by atoms with E-state index in [4.69, 9.17) is 19.0 Å². The summed E-state index contributed by atoms with van der Waals surface area (Å²) < 4.78 is 35.5. The number of cyclic esters (lactones) is 1. The van der Waals surface area contributed by atoms with Gasteiger partial charge in [-0.3, -0.25) is 9.59 Å². The quantitative estimate of drug-likeness (QED) is 0.169. The zero-order valence-corrected chi connectivity index (χ0v) is 35.6. The van der Waals surface area contributed by atoms with Crippen LogP contribution in [0.25, 0.3) is 0 Å². The van der Waals surface area contributed by atoms with Crippen molar-refractivity contribution in [1.29, 1.82) is 0 Å². The third-order valence-corrected chi connectivity index (χ3v) is 12.2. The first-order valence-electron chi connectivity index (χ1n) is 19.3. The molecular weight excluding hydrogens is 688 g/mol. The van der Waals surface area contributed by atoms with Gasteiger partial charge in [0.1, 0.15) is 17.8 Å². The Morgan fingerprint density at radius 1 is 1.10 bits per heavy atom. The van der Waals surface area contributed by atoms with Gasteiger partial charge >= 0.3 is 5.97 Å². The van der Waals surface area contributed by atoms with Gasteiger partial charge in [-0.15, -0.1) is 0 Å². The van der Waals surface area contributed by atoms with Gasteiger partial charge in [-0.05, 0) is 97.1 Å². The maximum Gasteiger partial charge on any atom is 0.351 e. The lowest BCUT2D eigenvalue weighted by atomic mass is 9.65. The molecular formula is C38H65AlFN3O9. The zero-order valence-electron chi connectivity index (χ0n) is 33.6. The van der Waals surface area contributed by atoms with Gasteiger partial charge in [-0.25, -0.2) is 14.2 Å². The van der Waals surface area contributed by atoms with E-state index in [1.165, 1.54) is 6.92 Å². The molecule has 2 saturated heterocycles. The van der Waals surface area contributed by atoms with Crippen LogP contribution in [0.5, 0.6) is 0 Å². The Balaban J connectivity index is 2.40. The number of oxime groups is 1. The second-order valence-corrected chi connectivity index (χ2v) is 16.9. The summed E-state index contributed by atoms with van der Waals surface area (Å²) in [5, 5.41) is 28.5. The summed E-state index contributed by atoms with van der Waals surface area (Å²) >= 11 is 0.771. The van der Waals surface area contributed by atoms with Gasteiger partial charge in [0.2, 0.25) is 5.91 Å². The second kappa shape index (κ2) is 18.2. The lowest BCUT2D eigenvalue weighted by molar-refractivity contribution is -0.287. The minimum Gasteiger partial charge on any atom is -0.457 e. The van der Waals surface area contributed by atoms with Gasteiger partial charge in [0.05, 0.1) is 23.4 Å². The van der Waals surface area contributed by atoms with Crippen LogP contribution >= 0.6 is 0 Å². The highest BCUT2D eigenvalue weighted by molar-refractivity contribution is 6.08. The van der Waals surface area contributed by atoms with Crippen LogP contribution in [-0.4, -0.2) is 128 Å². The average molecular weight is 754 g/mol. The number of aliphatic hydroxyl groups excluding tert-OH is 1. The van der Waals surface area contributed by atoms with Gasteiger partial charge in [0.15, 0.2) is 12.1 Å². The average Bonchev–Trinajstić information content (AvgIpc) is 3.09. The number of hydrogen-bond acceptors (Lipinski definition) is 11. The number of aliphatic imine (C=N–C) groups is 1. The molecule has 0 aromatic rings. The number of carbonyl (C=O) groups is 3. The largest absolute Gasteiger partial charge is 0.457 e. The summed E-state index contributed by atoms with van der Waals surface area (Å²) in [5.74, 6) is -5.45. The van der Waals surface area contributed by atoms with E-state index >= 15 is 4.39 Å². The summed E-state index contributed by atoms with van der Waals surface area (Å²) in [6.07, 6.45) is -2.02. The molecule has 3 fully saturated rings. The molecule has 2 aliphatic heterocycles. The normalized spacial score (nSPS) is 43.1. The molecule has 12 nitrogen and oxygen atoms in total. The second-order valence-electron chi connectivity index (χ2n) is 16.4. The first-order chi connectivity index (χ1) is 24.2. The van der Waals surface area contributed by atoms with Crippen molar-refractivity contribution in [3.05, 3.63) is 0 Å². The van der Waals surface area contributed by atoms with Crippen molar-refractivity contribution < 1.29 is 48.0 Å². The summed E-state index contributed by atoms with van der Waals surface area (Å²) in [7, 11) is 3.72. The van der Waals surface area contributed by atoms with Crippen LogP contribution in [-0.2, 0) is 33.4 Å². The summed E-state index contributed by atoms with van der Waals surface area (Å²) in [5.41, 5.74) is -3.94. The van der Waals surface area contributed by atoms with Gasteiger partial charge in [-0.1, -0.05) is 46.7 Å². The molecule has 14 heteroatoms. The minimum atomic E-state index is -3.08. The highest BCUT2D eigenvalue weighted by atomic mass is 27.0. The molecule has 3 rings (SSSR count). The molecule has 0 spiro atoms. The maximum atomic E-state index is 16.8. The van der Waals surface area contributed by atoms with Gasteiger partial charge in [0, 0.05) is 30.0 Å². The SMILES string of the molecule is CCC(=O)N=C1[C@H](C)C[C@@]2(C)CC/C(=N/O[CH2][AlH2])CC[C@H]([C@H]1C)[C@](C)(O)[C@@H](CC)OC(=O)[C@@](C)(F)C(=O)[C@H](C)[C@H]2O[C@@H]1O[C@H](C)C[C@H](N(C)C)[C@H]1O. The Morgan fingerprint density at radius 3 is 2.33 bits per heavy atom. The molecule has 0 unspecified atom stereocenters. The predicted octanol–water partition coefficient (Wildman–Crippen LogP) is 4.02. The van der Waals surface area contributed by atoms with Gasteiger partial charge < -0.3 is 34.2 Å². The van der Waals surface area contributed by atoms with E-state index in [9.17, 15) is 24.6 Å². The molecule has 2 N–H and O–H groups in total. The van der Waals surface area contributed by atoms with E-state index in [1.807, 2.05) is 46.7 Å². The molecule has 3 aliphatic rings. The van der Waals surface area contributed by atoms with Gasteiger partial charge in [-0.2, -0.15) is 0 Å². The highest BCUT2D eigenvalue weighted by Crippen LogP contribution is 2.47. The summed E-state index contributed by atoms with van der Waals surface area (Å²) in [6, 6.07) is -0.317. The smallest absolute Gasteiger partial charge is 0.351 e. The number of hydrogen-bond donors (Lipinski definition) is 2. The van der Waals surface area contributed by atoms with E-state index in [1.54, 1.807) is 20.8 Å². The fourth-order valence-corrected chi connectivity index (χ4v) is 9.00. The van der Waals surface area contributed by atoms with Crippen molar-refractivity contribution in [1.82, 2.24) is 4.90 Å². The number of alkyl halides is 1. The van der Waals surface area contributed by atoms with Crippen molar-refractivity contribution >= 4 is 45.4 Å². The number of Topliss-reactive ketones (excluding diaryl/α,β-unsaturated/α-hetero) is 1. The molecule has 0 aromatic heterocycles. The van der Waals surface area contributed by atoms with Crippen molar-refractivity contribution in [2.75, 3.05) is 19.6 Å². The molecule has 2 bridgehead atoms. The predicted molar refractivity (Wildman–Crippen MR) is 199 cm³/mol. The van der Waals surface area contributed by atoms with Crippen LogP contribution in [0.1, 0.15) is 114 Å². The number of nitrogens with zero attached hydrogens (tertiary/aromatic N) is 3. The van der Waals surface area contributed by atoms with Crippen molar-refractivity contribution in [3.8, 4) is 0 Å². The van der Waals surface area contributed by atoms with Crippen LogP contribution in [0.15, 0.2) is 10.1 Å². The monoisotopic (exact) mass is 753 g/mol. The number of carbonyl (C=O) groups excluding carboxylic acids is 3. The van der Waals surface area contributed by atoms with Crippen molar-refractivity contribution in [2.45, 2.75) is 162 Å². The third kappa shape index (κ3) is 9.90. The molecule has 13 atom stereocenters. The van der Waals surface area contributed by atoms with E-state index < -0.39 is 70.8 Å². The number of esters is 1.